The van der Waals surface area contributed by atoms with Crippen LogP contribution in [0.5, 0.6) is 6.01 Å². The van der Waals surface area contributed by atoms with E-state index in [4.69, 9.17) is 14.2 Å². The SMILES string of the molecule is C1CN2CC2O1.CC(Oc1nccc(C(=O)n2ccc3ccccc32)n1)N1CCOCC1. The molecule has 1 aromatic carbocycles. The van der Waals surface area contributed by atoms with Gasteiger partial charge in [0.05, 0.1) is 25.3 Å². The van der Waals surface area contributed by atoms with E-state index in [0.29, 0.717) is 25.1 Å². The highest BCUT2D eigenvalue weighted by Crippen LogP contribution is 2.22. The zero-order valence-corrected chi connectivity index (χ0v) is 18.1. The normalized spacial score (nSPS) is 23.2. The predicted octanol–water partition coefficient (Wildman–Crippen LogP) is 1.84. The Morgan fingerprint density at radius 2 is 1.97 bits per heavy atom. The molecule has 3 saturated heterocycles. The number of carbonyl (C=O) groups excluding carboxylic acids is 1. The Hall–Kier alpha value is -2.85. The lowest BCUT2D eigenvalue weighted by atomic mass is 10.2. The topological polar surface area (TPSA) is 81.7 Å². The minimum absolute atomic E-state index is 0.184. The van der Waals surface area contributed by atoms with Gasteiger partial charge < -0.3 is 14.2 Å². The number of hydrogen-bond acceptors (Lipinski definition) is 8. The third-order valence-electron chi connectivity index (χ3n) is 5.86. The van der Waals surface area contributed by atoms with Crippen molar-refractivity contribution in [1.29, 1.82) is 0 Å². The molecule has 9 heteroatoms. The van der Waals surface area contributed by atoms with Crippen LogP contribution in [-0.2, 0) is 9.47 Å². The summed E-state index contributed by atoms with van der Waals surface area (Å²) in [4.78, 5) is 25.8. The van der Waals surface area contributed by atoms with E-state index in [1.54, 1.807) is 23.0 Å². The highest BCUT2D eigenvalue weighted by atomic mass is 16.5. The maximum atomic E-state index is 12.9. The van der Waals surface area contributed by atoms with Crippen LogP contribution in [0.2, 0.25) is 0 Å². The molecule has 3 fully saturated rings. The largest absolute Gasteiger partial charge is 0.444 e. The number of ether oxygens (including phenoxy) is 3. The van der Waals surface area contributed by atoms with Crippen molar-refractivity contribution >= 4 is 16.8 Å². The molecule has 0 radical (unpaired) electrons. The third kappa shape index (κ3) is 4.66. The summed E-state index contributed by atoms with van der Waals surface area (Å²) in [6, 6.07) is 11.4. The van der Waals surface area contributed by atoms with Crippen molar-refractivity contribution in [3.63, 3.8) is 0 Å². The van der Waals surface area contributed by atoms with Crippen LogP contribution in [0.4, 0.5) is 0 Å². The Labute approximate surface area is 186 Å². The van der Waals surface area contributed by atoms with E-state index in [1.165, 1.54) is 13.1 Å². The van der Waals surface area contributed by atoms with E-state index in [0.717, 1.165) is 30.6 Å². The van der Waals surface area contributed by atoms with Crippen molar-refractivity contribution in [2.45, 2.75) is 19.4 Å². The molecule has 0 N–H and O–H groups in total. The molecule has 9 nitrogen and oxygen atoms in total. The van der Waals surface area contributed by atoms with Crippen molar-refractivity contribution < 1.29 is 19.0 Å². The van der Waals surface area contributed by atoms with E-state index in [9.17, 15) is 4.79 Å². The lowest BCUT2D eigenvalue weighted by molar-refractivity contribution is -0.0405. The summed E-state index contributed by atoms with van der Waals surface area (Å²) in [7, 11) is 0. The second kappa shape index (κ2) is 9.33. The first-order valence-corrected chi connectivity index (χ1v) is 11.0. The first kappa shape index (κ1) is 21.0. The highest BCUT2D eigenvalue weighted by Gasteiger charge is 2.39. The van der Waals surface area contributed by atoms with Gasteiger partial charge in [0, 0.05) is 44.0 Å². The van der Waals surface area contributed by atoms with Crippen molar-refractivity contribution in [1.82, 2.24) is 24.3 Å². The average Bonchev–Trinajstić information content (AvgIpc) is 3.23. The highest BCUT2D eigenvalue weighted by molar-refractivity contribution is 6.00. The van der Waals surface area contributed by atoms with Crippen LogP contribution >= 0.6 is 0 Å². The molecule has 0 amide bonds. The van der Waals surface area contributed by atoms with E-state index < -0.39 is 0 Å². The van der Waals surface area contributed by atoms with Crippen molar-refractivity contribution in [3.05, 3.63) is 54.5 Å². The van der Waals surface area contributed by atoms with Crippen molar-refractivity contribution in [3.8, 4) is 6.01 Å². The van der Waals surface area contributed by atoms with E-state index >= 15 is 0 Å². The zero-order valence-electron chi connectivity index (χ0n) is 18.1. The summed E-state index contributed by atoms with van der Waals surface area (Å²) in [6.07, 6.45) is 3.67. The number of carbonyl (C=O) groups is 1. The first-order chi connectivity index (χ1) is 15.7. The molecule has 3 atom stereocenters. The predicted molar refractivity (Wildman–Crippen MR) is 117 cm³/mol. The Morgan fingerprint density at radius 1 is 1.12 bits per heavy atom. The Balaban J connectivity index is 0.000000306. The fraction of sp³-hybridized carbons (Fsp3) is 0.435. The Morgan fingerprint density at radius 3 is 2.69 bits per heavy atom. The van der Waals surface area contributed by atoms with Crippen LogP contribution < -0.4 is 4.74 Å². The molecule has 0 spiro atoms. The Kier molecular flexibility index (Phi) is 6.13. The average molecular weight is 438 g/mol. The molecule has 6 rings (SSSR count). The standard InChI is InChI=1S/C19H20N4O3.C4H7NO/c1-14(22-10-12-25-13-11-22)26-19-20-8-6-16(21-19)18(24)23-9-7-15-4-2-3-5-17(15)23;1-2-6-4-3-5(1)4/h2-9,14H,10-13H2,1H3;4H,1-3H2. The van der Waals surface area contributed by atoms with Crippen molar-refractivity contribution in [2.24, 2.45) is 0 Å². The minimum Gasteiger partial charge on any atom is -0.444 e. The smallest absolute Gasteiger partial charge is 0.318 e. The summed E-state index contributed by atoms with van der Waals surface area (Å²) in [6.45, 7) is 8.25. The van der Waals surface area contributed by atoms with Gasteiger partial charge in [0.1, 0.15) is 11.9 Å². The molecular weight excluding hydrogens is 410 g/mol. The summed E-state index contributed by atoms with van der Waals surface area (Å²) in [5.74, 6) is -0.211. The zero-order chi connectivity index (χ0) is 21.9. The summed E-state index contributed by atoms with van der Waals surface area (Å²) >= 11 is 0. The van der Waals surface area contributed by atoms with E-state index in [1.807, 2.05) is 37.3 Å². The number of para-hydroxylation sites is 1. The summed E-state index contributed by atoms with van der Waals surface area (Å²) < 4.78 is 17.9. The number of aromatic nitrogens is 3. The number of nitrogens with zero attached hydrogens (tertiary/aromatic N) is 5. The van der Waals surface area contributed by atoms with Gasteiger partial charge in [-0.1, -0.05) is 18.2 Å². The van der Waals surface area contributed by atoms with Gasteiger partial charge in [0.15, 0.2) is 6.23 Å². The first-order valence-electron chi connectivity index (χ1n) is 11.0. The molecule has 3 aromatic rings. The second-order valence-corrected chi connectivity index (χ2v) is 7.96. The molecule has 3 aliphatic rings. The third-order valence-corrected chi connectivity index (χ3v) is 5.86. The van der Waals surface area contributed by atoms with Gasteiger partial charge >= 0.3 is 6.01 Å². The molecule has 32 heavy (non-hydrogen) atoms. The van der Waals surface area contributed by atoms with Crippen molar-refractivity contribution in [2.75, 3.05) is 46.0 Å². The van der Waals surface area contributed by atoms with Crippen LogP contribution in [0.25, 0.3) is 10.9 Å². The molecule has 3 aliphatic heterocycles. The second-order valence-electron chi connectivity index (χ2n) is 7.96. The van der Waals surface area contributed by atoms with Gasteiger partial charge in [-0.2, -0.15) is 4.98 Å². The van der Waals surface area contributed by atoms with E-state index in [-0.39, 0.29) is 18.1 Å². The monoisotopic (exact) mass is 437 g/mol. The molecule has 0 aliphatic carbocycles. The quantitative estimate of drug-likeness (QED) is 0.572. The van der Waals surface area contributed by atoms with Gasteiger partial charge in [-0.25, -0.2) is 4.98 Å². The van der Waals surface area contributed by atoms with Crippen LogP contribution in [0.3, 0.4) is 0 Å². The van der Waals surface area contributed by atoms with Crippen LogP contribution in [0.1, 0.15) is 17.4 Å². The van der Waals surface area contributed by atoms with Crippen LogP contribution in [-0.4, -0.2) is 88.7 Å². The fourth-order valence-corrected chi connectivity index (χ4v) is 3.92. The lowest BCUT2D eigenvalue weighted by Gasteiger charge is -2.31. The number of fused-ring (bicyclic) bond motifs is 2. The molecule has 168 valence electrons. The number of morpholine rings is 2. The molecular formula is C23H27N5O4. The number of rotatable bonds is 4. The fourth-order valence-electron chi connectivity index (χ4n) is 3.92. The minimum atomic E-state index is -0.211. The lowest BCUT2D eigenvalue weighted by Crippen LogP contribution is -2.44. The summed E-state index contributed by atoms with van der Waals surface area (Å²) in [5, 5.41) is 1.01. The van der Waals surface area contributed by atoms with Gasteiger partial charge in [-0.05, 0) is 25.1 Å². The molecule has 2 aromatic heterocycles. The van der Waals surface area contributed by atoms with Gasteiger partial charge in [0.25, 0.3) is 5.91 Å². The Bertz CT molecular complexity index is 1070. The molecule has 0 bridgehead atoms. The maximum absolute atomic E-state index is 12.9. The maximum Gasteiger partial charge on any atom is 0.318 e. The number of benzene rings is 1. The van der Waals surface area contributed by atoms with Gasteiger partial charge in [-0.15, -0.1) is 0 Å². The molecule has 3 unspecified atom stereocenters. The number of hydrogen-bond donors (Lipinski definition) is 0. The van der Waals surface area contributed by atoms with Crippen LogP contribution in [0, 0.1) is 0 Å². The molecule has 0 saturated carbocycles. The summed E-state index contributed by atoms with van der Waals surface area (Å²) in [5.41, 5.74) is 1.14. The van der Waals surface area contributed by atoms with Gasteiger partial charge in [0.2, 0.25) is 0 Å². The molecule has 5 heterocycles. The van der Waals surface area contributed by atoms with Gasteiger partial charge in [-0.3, -0.25) is 19.2 Å². The van der Waals surface area contributed by atoms with E-state index in [2.05, 4.69) is 19.8 Å². The van der Waals surface area contributed by atoms with Crippen LogP contribution in [0.15, 0.2) is 48.8 Å².